The lowest BCUT2D eigenvalue weighted by Gasteiger charge is -2.42. The molecule has 2 aromatic rings. The Balaban J connectivity index is 1.28. The Kier molecular flexibility index (Phi) is 7.18. The molecule has 182 valence electrons. The number of likely N-dealkylation sites (N-methyl/N-ethyl adjacent to an activating group) is 1. The highest BCUT2D eigenvalue weighted by molar-refractivity contribution is 6.33. The van der Waals surface area contributed by atoms with Gasteiger partial charge in [0, 0.05) is 31.1 Å². The Morgan fingerprint density at radius 2 is 1.88 bits per heavy atom. The van der Waals surface area contributed by atoms with Crippen LogP contribution in [-0.2, 0) is 4.79 Å². The molecule has 2 aliphatic rings. The molecule has 1 aliphatic carbocycles. The number of halogens is 2. The van der Waals surface area contributed by atoms with Crippen molar-refractivity contribution >= 4 is 35.0 Å². The highest BCUT2D eigenvalue weighted by Crippen LogP contribution is 2.28. The first kappa shape index (κ1) is 24.2. The van der Waals surface area contributed by atoms with Crippen molar-refractivity contribution in [2.45, 2.75) is 37.8 Å². The van der Waals surface area contributed by atoms with Crippen molar-refractivity contribution in [1.82, 2.24) is 25.1 Å². The number of rotatable bonds is 6. The van der Waals surface area contributed by atoms with Gasteiger partial charge in [-0.2, -0.15) is 0 Å². The number of benzene rings is 1. The lowest BCUT2D eigenvalue weighted by atomic mass is 9.85. The number of amides is 3. The van der Waals surface area contributed by atoms with Crippen LogP contribution in [0.4, 0.5) is 10.1 Å². The molecule has 2 heterocycles. The van der Waals surface area contributed by atoms with E-state index in [2.05, 4.69) is 25.5 Å². The molecule has 2 fully saturated rings. The topological polar surface area (TPSA) is 110 Å². The first-order valence-corrected chi connectivity index (χ1v) is 11.7. The third-order valence-corrected chi connectivity index (χ3v) is 6.88. The monoisotopic (exact) mass is 490 g/mol. The van der Waals surface area contributed by atoms with Gasteiger partial charge in [-0.3, -0.25) is 14.4 Å². The van der Waals surface area contributed by atoms with Gasteiger partial charge in [-0.05, 0) is 58.0 Å². The summed E-state index contributed by atoms with van der Waals surface area (Å²) in [5.41, 5.74) is 0.654. The molecule has 1 saturated carbocycles. The zero-order valence-corrected chi connectivity index (χ0v) is 19.9. The van der Waals surface area contributed by atoms with Crippen molar-refractivity contribution in [3.8, 4) is 0 Å². The van der Waals surface area contributed by atoms with Gasteiger partial charge in [0.25, 0.3) is 11.8 Å². The number of carbonyl (C=O) groups excluding carboxylic acids is 3. The van der Waals surface area contributed by atoms with Crippen LogP contribution in [0.2, 0.25) is 5.02 Å². The average Bonchev–Trinajstić information content (AvgIpc) is 3.25. The summed E-state index contributed by atoms with van der Waals surface area (Å²) in [6.45, 7) is 1.22. The Hall–Kier alpha value is -2.98. The van der Waals surface area contributed by atoms with Gasteiger partial charge in [-0.25, -0.2) is 9.37 Å². The summed E-state index contributed by atoms with van der Waals surface area (Å²) in [4.78, 5) is 48.8. The van der Waals surface area contributed by atoms with Gasteiger partial charge in [0.05, 0.1) is 17.0 Å². The number of nitrogens with one attached hydrogen (secondary N) is 3. The van der Waals surface area contributed by atoms with E-state index >= 15 is 0 Å². The minimum atomic E-state index is -0.469. The van der Waals surface area contributed by atoms with Crippen LogP contribution in [-0.4, -0.2) is 76.8 Å². The van der Waals surface area contributed by atoms with Crippen LogP contribution in [0.15, 0.2) is 24.5 Å². The molecule has 9 nitrogen and oxygen atoms in total. The van der Waals surface area contributed by atoms with Crippen LogP contribution in [0.25, 0.3) is 0 Å². The minimum Gasteiger partial charge on any atom is -0.348 e. The van der Waals surface area contributed by atoms with Crippen molar-refractivity contribution in [1.29, 1.82) is 0 Å². The van der Waals surface area contributed by atoms with Gasteiger partial charge in [-0.1, -0.05) is 11.6 Å². The molecule has 34 heavy (non-hydrogen) atoms. The summed E-state index contributed by atoms with van der Waals surface area (Å²) in [6, 6.07) is 4.03. The van der Waals surface area contributed by atoms with E-state index in [-0.39, 0.29) is 40.2 Å². The summed E-state index contributed by atoms with van der Waals surface area (Å²) in [6.07, 6.45) is 3.76. The molecule has 0 bridgehead atoms. The summed E-state index contributed by atoms with van der Waals surface area (Å²) < 4.78 is 13.2. The summed E-state index contributed by atoms with van der Waals surface area (Å²) in [7, 11) is 3.94. The predicted octanol–water partition coefficient (Wildman–Crippen LogP) is 2.52. The highest BCUT2D eigenvalue weighted by Gasteiger charge is 2.35. The van der Waals surface area contributed by atoms with E-state index < -0.39 is 11.7 Å². The summed E-state index contributed by atoms with van der Waals surface area (Å²) in [5.74, 6) is -1.51. The SMILES string of the molecule is CN(C)C1CN(C(=O)c2[nH]cnc2C(=O)NC2CCC(C(=O)Nc3ccc(F)cc3Cl)CC2)C1. The number of hydrogen-bond donors (Lipinski definition) is 3. The maximum Gasteiger partial charge on any atom is 0.272 e. The molecule has 1 saturated heterocycles. The smallest absolute Gasteiger partial charge is 0.272 e. The molecule has 3 amide bonds. The minimum absolute atomic E-state index is 0.0871. The summed E-state index contributed by atoms with van der Waals surface area (Å²) in [5, 5.41) is 5.85. The van der Waals surface area contributed by atoms with E-state index in [0.717, 1.165) is 6.07 Å². The molecule has 11 heteroatoms. The van der Waals surface area contributed by atoms with E-state index in [9.17, 15) is 18.8 Å². The third kappa shape index (κ3) is 5.23. The zero-order valence-electron chi connectivity index (χ0n) is 19.1. The van der Waals surface area contributed by atoms with Crippen LogP contribution >= 0.6 is 11.6 Å². The van der Waals surface area contributed by atoms with Crippen LogP contribution < -0.4 is 10.6 Å². The van der Waals surface area contributed by atoms with Gasteiger partial charge in [0.15, 0.2) is 5.69 Å². The van der Waals surface area contributed by atoms with E-state index in [1.54, 1.807) is 4.90 Å². The maximum atomic E-state index is 13.2. The lowest BCUT2D eigenvalue weighted by molar-refractivity contribution is -0.120. The van der Waals surface area contributed by atoms with Gasteiger partial charge in [0.2, 0.25) is 5.91 Å². The number of likely N-dealkylation sites (tertiary alicyclic amines) is 1. The van der Waals surface area contributed by atoms with Crippen molar-refractivity contribution in [3.63, 3.8) is 0 Å². The standard InChI is InChI=1S/C23H28ClFN6O3/c1-30(2)16-10-31(11-16)23(34)20-19(26-12-27-20)22(33)28-15-6-3-13(4-7-15)21(32)29-18-8-5-14(25)9-17(18)24/h5,8-9,12-13,15-16H,3-4,6-7,10-11H2,1-2H3,(H,26,27)(H,28,33)(H,29,32). The second kappa shape index (κ2) is 10.1. The van der Waals surface area contributed by atoms with Gasteiger partial charge in [0.1, 0.15) is 11.5 Å². The van der Waals surface area contributed by atoms with Crippen molar-refractivity contribution < 1.29 is 18.8 Å². The normalized spacial score (nSPS) is 20.7. The predicted molar refractivity (Wildman–Crippen MR) is 125 cm³/mol. The number of hydrogen-bond acceptors (Lipinski definition) is 5. The molecule has 0 radical (unpaired) electrons. The number of aromatic nitrogens is 2. The number of nitrogens with zero attached hydrogens (tertiary/aromatic N) is 3. The van der Waals surface area contributed by atoms with Crippen LogP contribution in [0.1, 0.15) is 46.7 Å². The first-order valence-electron chi connectivity index (χ1n) is 11.3. The van der Waals surface area contributed by atoms with Crippen molar-refractivity contribution in [3.05, 3.63) is 46.8 Å². The number of carbonyl (C=O) groups is 3. The molecule has 0 unspecified atom stereocenters. The number of H-pyrrole nitrogens is 1. The van der Waals surface area contributed by atoms with E-state index in [1.807, 2.05) is 14.1 Å². The van der Waals surface area contributed by atoms with Gasteiger partial charge >= 0.3 is 0 Å². The molecule has 1 aromatic heterocycles. The fourth-order valence-corrected chi connectivity index (χ4v) is 4.53. The molecule has 4 rings (SSSR count). The van der Waals surface area contributed by atoms with E-state index in [4.69, 9.17) is 11.6 Å². The molecule has 0 atom stereocenters. The number of aromatic amines is 1. The highest BCUT2D eigenvalue weighted by atomic mass is 35.5. The molecular weight excluding hydrogens is 463 g/mol. The quantitative estimate of drug-likeness (QED) is 0.576. The lowest BCUT2D eigenvalue weighted by Crippen LogP contribution is -2.59. The van der Waals surface area contributed by atoms with Crippen LogP contribution in [0, 0.1) is 11.7 Å². The largest absolute Gasteiger partial charge is 0.348 e. The molecule has 1 aliphatic heterocycles. The fraction of sp³-hybridized carbons (Fsp3) is 0.478. The Bertz CT molecular complexity index is 1080. The summed E-state index contributed by atoms with van der Waals surface area (Å²) >= 11 is 5.99. The van der Waals surface area contributed by atoms with E-state index in [1.165, 1.54) is 18.5 Å². The Morgan fingerprint density at radius 1 is 1.18 bits per heavy atom. The third-order valence-electron chi connectivity index (χ3n) is 6.57. The first-order chi connectivity index (χ1) is 16.2. The molecule has 3 N–H and O–H groups in total. The average molecular weight is 491 g/mol. The van der Waals surface area contributed by atoms with Crippen molar-refractivity contribution in [2.75, 3.05) is 32.5 Å². The Labute approximate surface area is 202 Å². The maximum absolute atomic E-state index is 13.2. The number of imidazole rings is 1. The van der Waals surface area contributed by atoms with Gasteiger partial charge in [-0.15, -0.1) is 0 Å². The fourth-order valence-electron chi connectivity index (χ4n) is 4.31. The second-order valence-electron chi connectivity index (χ2n) is 9.09. The second-order valence-corrected chi connectivity index (χ2v) is 9.50. The number of anilines is 1. The van der Waals surface area contributed by atoms with Crippen LogP contribution in [0.3, 0.4) is 0 Å². The molecular formula is C23H28ClFN6O3. The van der Waals surface area contributed by atoms with Crippen LogP contribution in [0.5, 0.6) is 0 Å². The molecule has 0 spiro atoms. The van der Waals surface area contributed by atoms with Crippen molar-refractivity contribution in [2.24, 2.45) is 5.92 Å². The van der Waals surface area contributed by atoms with E-state index in [0.29, 0.717) is 50.5 Å². The molecule has 1 aromatic carbocycles. The van der Waals surface area contributed by atoms with Gasteiger partial charge < -0.3 is 25.4 Å². The Morgan fingerprint density at radius 3 is 2.53 bits per heavy atom. The zero-order chi connectivity index (χ0) is 24.4.